The van der Waals surface area contributed by atoms with Crippen molar-refractivity contribution < 1.29 is 9.53 Å². The molecular formula is C14H15NO2. The maximum absolute atomic E-state index is 11.3. The quantitative estimate of drug-likeness (QED) is 0.805. The van der Waals surface area contributed by atoms with Gasteiger partial charge in [0.1, 0.15) is 11.5 Å². The van der Waals surface area contributed by atoms with Gasteiger partial charge in [0.15, 0.2) is 0 Å². The zero-order valence-corrected chi connectivity index (χ0v) is 9.61. The van der Waals surface area contributed by atoms with E-state index in [2.05, 4.69) is 13.2 Å². The highest BCUT2D eigenvalue weighted by atomic mass is 16.5. The SMILES string of the molecule is C=CCc1cccc2c1OC(=C)C(C(N)=O)C2. The minimum Gasteiger partial charge on any atom is -0.461 e. The Morgan fingerprint density at radius 3 is 3.00 bits per heavy atom. The smallest absolute Gasteiger partial charge is 0.228 e. The lowest BCUT2D eigenvalue weighted by atomic mass is 9.92. The van der Waals surface area contributed by atoms with Crippen LogP contribution < -0.4 is 10.5 Å². The molecule has 1 atom stereocenters. The molecule has 3 heteroatoms. The van der Waals surface area contributed by atoms with Crippen LogP contribution in [0.15, 0.2) is 43.2 Å². The van der Waals surface area contributed by atoms with E-state index in [0.717, 1.165) is 23.3 Å². The third kappa shape index (κ3) is 2.09. The van der Waals surface area contributed by atoms with Crippen molar-refractivity contribution in [2.45, 2.75) is 12.8 Å². The van der Waals surface area contributed by atoms with Crippen molar-refractivity contribution in [3.8, 4) is 5.75 Å². The summed E-state index contributed by atoms with van der Waals surface area (Å²) >= 11 is 0. The van der Waals surface area contributed by atoms with Gasteiger partial charge in [-0.3, -0.25) is 4.79 Å². The third-order valence-electron chi connectivity index (χ3n) is 2.93. The number of hydrogen-bond donors (Lipinski definition) is 1. The van der Waals surface area contributed by atoms with Gasteiger partial charge in [0, 0.05) is 0 Å². The predicted molar refractivity (Wildman–Crippen MR) is 66.5 cm³/mol. The molecule has 0 spiro atoms. The van der Waals surface area contributed by atoms with Crippen molar-refractivity contribution in [2.24, 2.45) is 11.7 Å². The number of fused-ring (bicyclic) bond motifs is 1. The molecule has 0 fully saturated rings. The average Bonchev–Trinajstić information content (AvgIpc) is 2.29. The minimum atomic E-state index is -0.429. The van der Waals surface area contributed by atoms with E-state index in [9.17, 15) is 4.79 Å². The van der Waals surface area contributed by atoms with Gasteiger partial charge in [-0.2, -0.15) is 0 Å². The molecular weight excluding hydrogens is 214 g/mol. The Hall–Kier alpha value is -2.03. The molecule has 0 saturated heterocycles. The molecule has 0 aromatic heterocycles. The molecule has 1 aromatic carbocycles. The summed E-state index contributed by atoms with van der Waals surface area (Å²) in [6.07, 6.45) is 3.12. The summed E-state index contributed by atoms with van der Waals surface area (Å²) in [4.78, 5) is 11.3. The molecule has 1 aromatic rings. The minimum absolute atomic E-state index is 0.394. The summed E-state index contributed by atoms with van der Waals surface area (Å²) in [6, 6.07) is 5.88. The second kappa shape index (κ2) is 4.45. The number of carbonyl (C=O) groups is 1. The number of hydrogen-bond acceptors (Lipinski definition) is 2. The normalized spacial score (nSPS) is 18.1. The van der Waals surface area contributed by atoms with Crippen molar-refractivity contribution in [3.05, 3.63) is 54.3 Å². The fraction of sp³-hybridized carbons (Fsp3) is 0.214. The summed E-state index contributed by atoms with van der Waals surface area (Å²) < 4.78 is 5.65. The highest BCUT2D eigenvalue weighted by Crippen LogP contribution is 2.35. The number of nitrogens with two attached hydrogens (primary N) is 1. The van der Waals surface area contributed by atoms with E-state index in [1.807, 2.05) is 24.3 Å². The molecule has 0 bridgehead atoms. The maximum atomic E-state index is 11.3. The zero-order valence-electron chi connectivity index (χ0n) is 9.61. The van der Waals surface area contributed by atoms with Crippen LogP contribution in [0, 0.1) is 5.92 Å². The van der Waals surface area contributed by atoms with Gasteiger partial charge in [0.25, 0.3) is 0 Å². The Bertz CT molecular complexity index is 491. The largest absolute Gasteiger partial charge is 0.461 e. The van der Waals surface area contributed by atoms with E-state index in [4.69, 9.17) is 10.5 Å². The molecule has 1 amide bonds. The maximum Gasteiger partial charge on any atom is 0.228 e. The molecule has 0 saturated carbocycles. The van der Waals surface area contributed by atoms with Gasteiger partial charge in [-0.05, 0) is 24.0 Å². The van der Waals surface area contributed by atoms with E-state index >= 15 is 0 Å². The zero-order chi connectivity index (χ0) is 12.4. The highest BCUT2D eigenvalue weighted by molar-refractivity contribution is 5.80. The van der Waals surface area contributed by atoms with Crippen LogP contribution in [0.25, 0.3) is 0 Å². The van der Waals surface area contributed by atoms with Crippen LogP contribution >= 0.6 is 0 Å². The molecule has 2 N–H and O–H groups in total. The van der Waals surface area contributed by atoms with E-state index < -0.39 is 11.8 Å². The van der Waals surface area contributed by atoms with Crippen LogP contribution in [0.2, 0.25) is 0 Å². The number of rotatable bonds is 3. The fourth-order valence-electron chi connectivity index (χ4n) is 2.04. The molecule has 17 heavy (non-hydrogen) atoms. The first-order chi connectivity index (χ1) is 8.13. The predicted octanol–water partition coefficient (Wildman–Crippen LogP) is 1.97. The van der Waals surface area contributed by atoms with Crippen molar-refractivity contribution in [3.63, 3.8) is 0 Å². The summed E-state index contributed by atoms with van der Waals surface area (Å²) in [7, 11) is 0. The topological polar surface area (TPSA) is 52.3 Å². The number of allylic oxidation sites excluding steroid dienone is 1. The average molecular weight is 229 g/mol. The van der Waals surface area contributed by atoms with Gasteiger partial charge in [0.05, 0.1) is 5.92 Å². The van der Waals surface area contributed by atoms with Gasteiger partial charge in [-0.1, -0.05) is 30.9 Å². The fourth-order valence-corrected chi connectivity index (χ4v) is 2.04. The Labute approximate surface area is 101 Å². The van der Waals surface area contributed by atoms with Crippen LogP contribution in [-0.4, -0.2) is 5.91 Å². The van der Waals surface area contributed by atoms with E-state index in [1.165, 1.54) is 0 Å². The van der Waals surface area contributed by atoms with Gasteiger partial charge in [-0.15, -0.1) is 6.58 Å². The third-order valence-corrected chi connectivity index (χ3v) is 2.93. The number of primary amides is 1. The number of amides is 1. The molecule has 1 unspecified atom stereocenters. The van der Waals surface area contributed by atoms with Crippen LogP contribution in [0.3, 0.4) is 0 Å². The van der Waals surface area contributed by atoms with Crippen LogP contribution in [0.5, 0.6) is 5.75 Å². The molecule has 0 radical (unpaired) electrons. The summed E-state index contributed by atoms with van der Waals surface area (Å²) in [5.74, 6) is 0.410. The van der Waals surface area contributed by atoms with Gasteiger partial charge in [0.2, 0.25) is 5.91 Å². The van der Waals surface area contributed by atoms with Crippen LogP contribution in [0.4, 0.5) is 0 Å². The number of ether oxygens (including phenoxy) is 1. The Morgan fingerprint density at radius 1 is 1.59 bits per heavy atom. The van der Waals surface area contributed by atoms with Gasteiger partial charge < -0.3 is 10.5 Å². The van der Waals surface area contributed by atoms with Gasteiger partial charge >= 0.3 is 0 Å². The Balaban J connectivity index is 2.40. The molecule has 1 aliphatic rings. The molecule has 3 nitrogen and oxygen atoms in total. The lowest BCUT2D eigenvalue weighted by Gasteiger charge is -2.26. The molecule has 1 aliphatic heterocycles. The van der Waals surface area contributed by atoms with Crippen molar-refractivity contribution >= 4 is 5.91 Å². The number of para-hydroxylation sites is 1. The molecule has 88 valence electrons. The first-order valence-corrected chi connectivity index (χ1v) is 5.51. The standard InChI is InChI=1S/C14H15NO2/c1-3-5-10-6-4-7-11-8-12(14(15)16)9(2)17-13(10)11/h3-4,6-7,12H,1-2,5,8H2,(H2,15,16). The first-order valence-electron chi connectivity index (χ1n) is 5.51. The number of carbonyl (C=O) groups excluding carboxylic acids is 1. The molecule has 1 heterocycles. The number of benzene rings is 1. The lowest BCUT2D eigenvalue weighted by molar-refractivity contribution is -0.121. The summed E-state index contributed by atoms with van der Waals surface area (Å²) in [6.45, 7) is 7.48. The van der Waals surface area contributed by atoms with Crippen molar-refractivity contribution in [1.29, 1.82) is 0 Å². The van der Waals surface area contributed by atoms with E-state index in [1.54, 1.807) is 0 Å². The first kappa shape index (κ1) is 11.5. The van der Waals surface area contributed by atoms with E-state index in [0.29, 0.717) is 12.2 Å². The Kier molecular flexibility index (Phi) is 3.00. The molecule has 2 rings (SSSR count). The van der Waals surface area contributed by atoms with Gasteiger partial charge in [-0.25, -0.2) is 0 Å². The second-order valence-electron chi connectivity index (χ2n) is 4.13. The van der Waals surface area contributed by atoms with Crippen molar-refractivity contribution in [2.75, 3.05) is 0 Å². The monoisotopic (exact) mass is 229 g/mol. The lowest BCUT2D eigenvalue weighted by Crippen LogP contribution is -2.31. The summed E-state index contributed by atoms with van der Waals surface area (Å²) in [5, 5.41) is 0. The van der Waals surface area contributed by atoms with Crippen LogP contribution in [0.1, 0.15) is 11.1 Å². The highest BCUT2D eigenvalue weighted by Gasteiger charge is 2.29. The van der Waals surface area contributed by atoms with Crippen LogP contribution in [-0.2, 0) is 17.6 Å². The van der Waals surface area contributed by atoms with Crippen molar-refractivity contribution in [1.82, 2.24) is 0 Å². The second-order valence-corrected chi connectivity index (χ2v) is 4.13. The summed E-state index contributed by atoms with van der Waals surface area (Å²) in [5.41, 5.74) is 7.37. The van der Waals surface area contributed by atoms with E-state index in [-0.39, 0.29) is 0 Å². The Morgan fingerprint density at radius 2 is 2.35 bits per heavy atom. The molecule has 0 aliphatic carbocycles.